The summed E-state index contributed by atoms with van der Waals surface area (Å²) in [4.78, 5) is 21.4. The average molecular weight is 254 g/mol. The minimum Gasteiger partial charge on any atom is -0.496 e. The van der Waals surface area contributed by atoms with Crippen molar-refractivity contribution in [3.63, 3.8) is 0 Å². The van der Waals surface area contributed by atoms with Gasteiger partial charge in [-0.2, -0.15) is 0 Å². The molecule has 0 heterocycles. The smallest absolute Gasteiger partial charge is 0.312 e. The predicted octanol–water partition coefficient (Wildman–Crippen LogP) is 1.49. The number of carbonyl (C=O) groups is 1. The molecule has 0 radical (unpaired) electrons. The number of nitrogens with two attached hydrogens (primary N) is 1. The molecule has 0 fully saturated rings. The van der Waals surface area contributed by atoms with Crippen molar-refractivity contribution in [1.82, 2.24) is 0 Å². The Hall–Kier alpha value is -2.31. The molecule has 0 unspecified atom stereocenters. The highest BCUT2D eigenvalue weighted by molar-refractivity contribution is 5.96. The van der Waals surface area contributed by atoms with Crippen molar-refractivity contribution in [3.8, 4) is 11.5 Å². The van der Waals surface area contributed by atoms with Gasteiger partial charge in [0.15, 0.2) is 0 Å². The summed E-state index contributed by atoms with van der Waals surface area (Å²) in [5.74, 6) is -0.583. The first-order valence-electron chi connectivity index (χ1n) is 5.30. The number of rotatable bonds is 6. The first-order chi connectivity index (χ1) is 8.51. The molecular weight excluding hydrogens is 240 g/mol. The standard InChI is InChI=1S/C11H14N2O5/c1-3-4-18-10-6-9(17-2)7(11(12)14)5-8(10)13(15)16/h5-6H,3-4H2,1-2H3,(H2,12,14). The predicted molar refractivity (Wildman–Crippen MR) is 64.0 cm³/mol. The third kappa shape index (κ3) is 2.88. The summed E-state index contributed by atoms with van der Waals surface area (Å²) >= 11 is 0. The summed E-state index contributed by atoms with van der Waals surface area (Å²) in [5.41, 5.74) is 4.77. The molecule has 7 heteroatoms. The van der Waals surface area contributed by atoms with Gasteiger partial charge >= 0.3 is 5.69 Å². The fraction of sp³-hybridized carbons (Fsp3) is 0.364. The van der Waals surface area contributed by atoms with Crippen LogP contribution in [0.5, 0.6) is 11.5 Å². The van der Waals surface area contributed by atoms with E-state index in [2.05, 4.69) is 0 Å². The lowest BCUT2D eigenvalue weighted by Crippen LogP contribution is -2.13. The van der Waals surface area contributed by atoms with E-state index in [1.165, 1.54) is 13.2 Å². The highest BCUT2D eigenvalue weighted by Gasteiger charge is 2.22. The Morgan fingerprint density at radius 3 is 2.56 bits per heavy atom. The van der Waals surface area contributed by atoms with Gasteiger partial charge in [0.05, 0.1) is 24.2 Å². The molecule has 2 N–H and O–H groups in total. The van der Waals surface area contributed by atoms with Gasteiger partial charge in [0.1, 0.15) is 5.75 Å². The maximum absolute atomic E-state index is 11.2. The molecular formula is C11H14N2O5. The normalized spacial score (nSPS) is 9.89. The van der Waals surface area contributed by atoms with Crippen LogP contribution in [0.25, 0.3) is 0 Å². The third-order valence-corrected chi connectivity index (χ3v) is 2.20. The number of hydrogen-bond donors (Lipinski definition) is 1. The SMILES string of the molecule is CCCOc1cc(OC)c(C(N)=O)cc1[N+](=O)[O-]. The molecule has 1 aromatic rings. The Morgan fingerprint density at radius 2 is 2.11 bits per heavy atom. The summed E-state index contributed by atoms with van der Waals surface area (Å²) < 4.78 is 10.2. The summed E-state index contributed by atoms with van der Waals surface area (Å²) in [7, 11) is 1.34. The number of ether oxygens (including phenoxy) is 2. The van der Waals surface area contributed by atoms with E-state index in [4.69, 9.17) is 15.2 Å². The van der Waals surface area contributed by atoms with Crippen LogP contribution >= 0.6 is 0 Å². The zero-order valence-electron chi connectivity index (χ0n) is 10.1. The summed E-state index contributed by atoms with van der Waals surface area (Å²) in [5, 5.41) is 10.9. The second-order valence-electron chi connectivity index (χ2n) is 3.49. The number of primary amides is 1. The fourth-order valence-electron chi connectivity index (χ4n) is 1.38. The molecule has 0 aliphatic rings. The molecule has 0 bridgehead atoms. The molecule has 0 aromatic heterocycles. The average Bonchev–Trinajstić information content (AvgIpc) is 2.34. The van der Waals surface area contributed by atoms with Crippen molar-refractivity contribution in [1.29, 1.82) is 0 Å². The summed E-state index contributed by atoms with van der Waals surface area (Å²) in [6.07, 6.45) is 0.705. The van der Waals surface area contributed by atoms with E-state index >= 15 is 0 Å². The lowest BCUT2D eigenvalue weighted by Gasteiger charge is -2.10. The molecule has 0 aliphatic carbocycles. The van der Waals surface area contributed by atoms with Crippen LogP contribution in [-0.4, -0.2) is 24.5 Å². The van der Waals surface area contributed by atoms with Crippen molar-refractivity contribution in [3.05, 3.63) is 27.8 Å². The molecule has 0 saturated carbocycles. The topological polar surface area (TPSA) is 105 Å². The summed E-state index contributed by atoms with van der Waals surface area (Å²) in [6, 6.07) is 2.36. The maximum Gasteiger partial charge on any atom is 0.312 e. The zero-order valence-corrected chi connectivity index (χ0v) is 10.1. The Kier molecular flexibility index (Phi) is 4.47. The lowest BCUT2D eigenvalue weighted by atomic mass is 10.1. The van der Waals surface area contributed by atoms with Crippen LogP contribution in [0.15, 0.2) is 12.1 Å². The first kappa shape index (κ1) is 13.8. The van der Waals surface area contributed by atoms with Crippen molar-refractivity contribution < 1.29 is 19.2 Å². The molecule has 0 spiro atoms. The van der Waals surface area contributed by atoms with E-state index in [0.29, 0.717) is 13.0 Å². The van der Waals surface area contributed by atoms with Crippen LogP contribution in [-0.2, 0) is 0 Å². The number of methoxy groups -OCH3 is 1. The van der Waals surface area contributed by atoms with E-state index in [1.54, 1.807) is 0 Å². The molecule has 18 heavy (non-hydrogen) atoms. The zero-order chi connectivity index (χ0) is 13.7. The first-order valence-corrected chi connectivity index (χ1v) is 5.30. The Labute approximate surface area is 104 Å². The number of nitro benzene ring substituents is 1. The minimum atomic E-state index is -0.794. The molecule has 1 rings (SSSR count). The highest BCUT2D eigenvalue weighted by Crippen LogP contribution is 2.34. The van der Waals surface area contributed by atoms with E-state index in [-0.39, 0.29) is 22.7 Å². The Morgan fingerprint density at radius 1 is 1.44 bits per heavy atom. The van der Waals surface area contributed by atoms with Crippen molar-refractivity contribution >= 4 is 11.6 Å². The Balaban J connectivity index is 3.32. The highest BCUT2D eigenvalue weighted by atomic mass is 16.6. The van der Waals surface area contributed by atoms with Crippen molar-refractivity contribution in [2.45, 2.75) is 13.3 Å². The maximum atomic E-state index is 11.2. The number of amides is 1. The monoisotopic (exact) mass is 254 g/mol. The number of nitro groups is 1. The van der Waals surface area contributed by atoms with E-state index in [1.807, 2.05) is 6.92 Å². The molecule has 0 aliphatic heterocycles. The van der Waals surface area contributed by atoms with E-state index in [9.17, 15) is 14.9 Å². The van der Waals surface area contributed by atoms with Crippen LogP contribution in [0.2, 0.25) is 0 Å². The number of benzene rings is 1. The van der Waals surface area contributed by atoms with Crippen LogP contribution in [0.3, 0.4) is 0 Å². The van der Waals surface area contributed by atoms with Crippen LogP contribution in [0.1, 0.15) is 23.7 Å². The second-order valence-corrected chi connectivity index (χ2v) is 3.49. The van der Waals surface area contributed by atoms with Gasteiger partial charge in [-0.25, -0.2) is 0 Å². The second kappa shape index (κ2) is 5.85. The van der Waals surface area contributed by atoms with Gasteiger partial charge < -0.3 is 15.2 Å². The Bertz CT molecular complexity index is 473. The van der Waals surface area contributed by atoms with Crippen LogP contribution in [0.4, 0.5) is 5.69 Å². The number of hydrogen-bond acceptors (Lipinski definition) is 5. The van der Waals surface area contributed by atoms with Crippen LogP contribution < -0.4 is 15.2 Å². The molecule has 1 amide bonds. The van der Waals surface area contributed by atoms with Gasteiger partial charge in [-0.15, -0.1) is 0 Å². The largest absolute Gasteiger partial charge is 0.496 e. The van der Waals surface area contributed by atoms with E-state index in [0.717, 1.165) is 6.07 Å². The van der Waals surface area contributed by atoms with Gasteiger partial charge in [-0.05, 0) is 6.42 Å². The molecule has 0 saturated heterocycles. The number of carbonyl (C=O) groups excluding carboxylic acids is 1. The van der Waals surface area contributed by atoms with Crippen molar-refractivity contribution in [2.24, 2.45) is 5.73 Å². The minimum absolute atomic E-state index is 0.0481. The van der Waals surface area contributed by atoms with E-state index < -0.39 is 10.8 Å². The van der Waals surface area contributed by atoms with Gasteiger partial charge in [-0.3, -0.25) is 14.9 Å². The fourth-order valence-corrected chi connectivity index (χ4v) is 1.38. The van der Waals surface area contributed by atoms with Crippen LogP contribution in [0, 0.1) is 10.1 Å². The quantitative estimate of drug-likeness (QED) is 0.611. The number of nitrogens with zero attached hydrogens (tertiary/aromatic N) is 1. The molecule has 1 aromatic carbocycles. The third-order valence-electron chi connectivity index (χ3n) is 2.20. The lowest BCUT2D eigenvalue weighted by molar-refractivity contribution is -0.385. The van der Waals surface area contributed by atoms with Gasteiger partial charge in [-0.1, -0.05) is 6.92 Å². The van der Waals surface area contributed by atoms with Crippen molar-refractivity contribution in [2.75, 3.05) is 13.7 Å². The molecule has 0 atom stereocenters. The van der Waals surface area contributed by atoms with Gasteiger partial charge in [0.2, 0.25) is 5.75 Å². The van der Waals surface area contributed by atoms with Gasteiger partial charge in [0.25, 0.3) is 5.91 Å². The van der Waals surface area contributed by atoms with Gasteiger partial charge in [0, 0.05) is 12.1 Å². The molecule has 7 nitrogen and oxygen atoms in total. The summed E-state index contributed by atoms with van der Waals surface area (Å²) in [6.45, 7) is 2.21. The molecule has 98 valence electrons.